The number of carboxylic acid groups (broad SMARTS) is 1. The average molecular weight is 319 g/mol. The summed E-state index contributed by atoms with van der Waals surface area (Å²) in [5, 5.41) is 12.4. The van der Waals surface area contributed by atoms with Crippen molar-refractivity contribution in [2.24, 2.45) is 5.92 Å². The Morgan fingerprint density at radius 3 is 2.85 bits per heavy atom. The number of carbonyl (C=O) groups is 1. The second-order valence-corrected chi connectivity index (χ2v) is 7.67. The maximum atomic E-state index is 12.1. The zero-order valence-electron chi connectivity index (χ0n) is 10.9. The van der Waals surface area contributed by atoms with Gasteiger partial charge in [0.2, 0.25) is 10.0 Å². The molecule has 1 fully saturated rings. The van der Waals surface area contributed by atoms with Crippen LogP contribution in [0.15, 0.2) is 17.3 Å². The van der Waals surface area contributed by atoms with Gasteiger partial charge >= 0.3 is 5.97 Å². The van der Waals surface area contributed by atoms with Crippen molar-refractivity contribution in [3.05, 3.63) is 12.4 Å². The molecule has 112 valence electrons. The number of rotatable bonds is 6. The number of hydrogen-bond acceptors (Lipinski definition) is 5. The van der Waals surface area contributed by atoms with Gasteiger partial charge in [-0.15, -0.1) is 0 Å². The molecular weight excluding hydrogens is 302 g/mol. The molecule has 2 N–H and O–H groups in total. The SMILES string of the molecule is O=C(O)Cn1cc(S(=O)(=O)NCC2CCSCC2)cn1. The van der Waals surface area contributed by atoms with E-state index in [2.05, 4.69) is 9.82 Å². The van der Waals surface area contributed by atoms with Gasteiger partial charge in [0.15, 0.2) is 0 Å². The van der Waals surface area contributed by atoms with Crippen molar-refractivity contribution in [1.29, 1.82) is 0 Å². The van der Waals surface area contributed by atoms with E-state index in [-0.39, 0.29) is 11.4 Å². The Hall–Kier alpha value is -1.06. The van der Waals surface area contributed by atoms with Crippen molar-refractivity contribution < 1.29 is 18.3 Å². The van der Waals surface area contributed by atoms with Crippen LogP contribution in [0.5, 0.6) is 0 Å². The predicted octanol–water partition coefficient (Wildman–Crippen LogP) is 0.389. The molecule has 2 heterocycles. The summed E-state index contributed by atoms with van der Waals surface area (Å²) in [7, 11) is -3.61. The third-order valence-corrected chi connectivity index (χ3v) is 5.55. The molecule has 0 spiro atoms. The molecule has 2 rings (SSSR count). The van der Waals surface area contributed by atoms with Gasteiger partial charge in [0.1, 0.15) is 11.4 Å². The number of thioether (sulfide) groups is 1. The number of aromatic nitrogens is 2. The summed E-state index contributed by atoms with van der Waals surface area (Å²) < 4.78 is 27.8. The van der Waals surface area contributed by atoms with Gasteiger partial charge in [-0.2, -0.15) is 16.9 Å². The van der Waals surface area contributed by atoms with Crippen LogP contribution in [0.25, 0.3) is 0 Å². The Morgan fingerprint density at radius 1 is 1.50 bits per heavy atom. The number of nitrogens with one attached hydrogen (secondary N) is 1. The fourth-order valence-corrected chi connectivity index (χ4v) is 4.24. The Morgan fingerprint density at radius 2 is 2.20 bits per heavy atom. The zero-order chi connectivity index (χ0) is 14.6. The molecule has 0 unspecified atom stereocenters. The normalized spacial score (nSPS) is 17.2. The lowest BCUT2D eigenvalue weighted by Crippen LogP contribution is -2.30. The summed E-state index contributed by atoms with van der Waals surface area (Å²) in [6, 6.07) is 0. The minimum atomic E-state index is -3.61. The minimum Gasteiger partial charge on any atom is -0.480 e. The van der Waals surface area contributed by atoms with Crippen LogP contribution >= 0.6 is 11.8 Å². The Kier molecular flexibility index (Phi) is 5.06. The first-order valence-electron chi connectivity index (χ1n) is 6.29. The molecule has 20 heavy (non-hydrogen) atoms. The first-order valence-corrected chi connectivity index (χ1v) is 8.93. The standard InChI is InChI=1S/C11H17N3O4S2/c15-11(16)8-14-7-10(6-12-14)20(17,18)13-5-9-1-3-19-4-2-9/h6-7,9,13H,1-5,8H2,(H,15,16). The lowest BCUT2D eigenvalue weighted by molar-refractivity contribution is -0.137. The molecule has 1 saturated heterocycles. The van der Waals surface area contributed by atoms with Crippen LogP contribution in [0.1, 0.15) is 12.8 Å². The van der Waals surface area contributed by atoms with Crippen molar-refractivity contribution in [3.8, 4) is 0 Å². The van der Waals surface area contributed by atoms with Crippen molar-refractivity contribution >= 4 is 27.8 Å². The molecule has 1 aliphatic heterocycles. The maximum Gasteiger partial charge on any atom is 0.325 e. The molecule has 0 aromatic carbocycles. The Bertz CT molecular complexity index is 564. The van der Waals surface area contributed by atoms with Gasteiger partial charge in [0.25, 0.3) is 0 Å². The largest absolute Gasteiger partial charge is 0.480 e. The minimum absolute atomic E-state index is 0.00364. The third kappa shape index (κ3) is 4.22. The highest BCUT2D eigenvalue weighted by atomic mass is 32.2. The fraction of sp³-hybridized carbons (Fsp3) is 0.636. The second kappa shape index (κ2) is 6.59. The van der Waals surface area contributed by atoms with Crippen LogP contribution in [-0.4, -0.2) is 47.3 Å². The fourth-order valence-electron chi connectivity index (χ4n) is 1.97. The number of carboxylic acids is 1. The second-order valence-electron chi connectivity index (χ2n) is 4.68. The van der Waals surface area contributed by atoms with E-state index < -0.39 is 16.0 Å². The van der Waals surface area contributed by atoms with Crippen molar-refractivity contribution in [1.82, 2.24) is 14.5 Å². The average Bonchev–Trinajstić information content (AvgIpc) is 2.86. The van der Waals surface area contributed by atoms with E-state index in [1.807, 2.05) is 11.8 Å². The highest BCUT2D eigenvalue weighted by molar-refractivity contribution is 7.99. The molecular formula is C11H17N3O4S2. The summed E-state index contributed by atoms with van der Waals surface area (Å²) in [4.78, 5) is 10.5. The highest BCUT2D eigenvalue weighted by Gasteiger charge is 2.20. The van der Waals surface area contributed by atoms with E-state index in [9.17, 15) is 13.2 Å². The topological polar surface area (TPSA) is 101 Å². The van der Waals surface area contributed by atoms with E-state index in [0.29, 0.717) is 12.5 Å². The van der Waals surface area contributed by atoms with Gasteiger partial charge in [-0.1, -0.05) is 0 Å². The molecule has 1 aromatic rings. The van der Waals surface area contributed by atoms with Gasteiger partial charge in [-0.25, -0.2) is 13.1 Å². The number of sulfonamides is 1. The molecule has 0 saturated carbocycles. The number of hydrogen-bond donors (Lipinski definition) is 2. The van der Waals surface area contributed by atoms with E-state index in [1.165, 1.54) is 12.4 Å². The molecule has 0 amide bonds. The van der Waals surface area contributed by atoms with Crippen molar-refractivity contribution in [2.45, 2.75) is 24.3 Å². The highest BCUT2D eigenvalue weighted by Crippen LogP contribution is 2.22. The molecule has 0 atom stereocenters. The summed E-state index contributed by atoms with van der Waals surface area (Å²) in [6.07, 6.45) is 4.44. The summed E-state index contributed by atoms with van der Waals surface area (Å²) in [5.41, 5.74) is 0. The maximum absolute atomic E-state index is 12.1. The summed E-state index contributed by atoms with van der Waals surface area (Å²) >= 11 is 1.89. The third-order valence-electron chi connectivity index (χ3n) is 3.12. The zero-order valence-corrected chi connectivity index (χ0v) is 12.5. The summed E-state index contributed by atoms with van der Waals surface area (Å²) in [5.74, 6) is 1.45. The van der Waals surface area contributed by atoms with Crippen molar-refractivity contribution in [3.63, 3.8) is 0 Å². The molecule has 9 heteroatoms. The quantitative estimate of drug-likeness (QED) is 0.786. The van der Waals surface area contributed by atoms with Crippen LogP contribution in [0.4, 0.5) is 0 Å². The number of nitrogens with zero attached hydrogens (tertiary/aromatic N) is 2. The van der Waals surface area contributed by atoms with Crippen LogP contribution in [0.2, 0.25) is 0 Å². The molecule has 7 nitrogen and oxygen atoms in total. The smallest absolute Gasteiger partial charge is 0.325 e. The first-order chi connectivity index (χ1) is 9.47. The van der Waals surface area contributed by atoms with Gasteiger partial charge in [0.05, 0.1) is 6.20 Å². The Balaban J connectivity index is 1.95. The molecule has 1 aromatic heterocycles. The van der Waals surface area contributed by atoms with E-state index in [4.69, 9.17) is 5.11 Å². The van der Waals surface area contributed by atoms with Gasteiger partial charge in [-0.05, 0) is 30.3 Å². The molecule has 0 radical (unpaired) electrons. The number of aliphatic carboxylic acids is 1. The monoisotopic (exact) mass is 319 g/mol. The van der Waals surface area contributed by atoms with E-state index in [0.717, 1.165) is 29.0 Å². The van der Waals surface area contributed by atoms with E-state index in [1.54, 1.807) is 0 Å². The van der Waals surface area contributed by atoms with Gasteiger partial charge in [0, 0.05) is 12.7 Å². The van der Waals surface area contributed by atoms with Gasteiger partial charge in [-0.3, -0.25) is 9.48 Å². The molecule has 0 bridgehead atoms. The van der Waals surface area contributed by atoms with Crippen LogP contribution in [0.3, 0.4) is 0 Å². The summed E-state index contributed by atoms with van der Waals surface area (Å²) in [6.45, 7) is 0.0718. The first kappa shape index (κ1) is 15.3. The van der Waals surface area contributed by atoms with Crippen LogP contribution < -0.4 is 4.72 Å². The van der Waals surface area contributed by atoms with Crippen LogP contribution in [-0.2, 0) is 21.4 Å². The van der Waals surface area contributed by atoms with Crippen LogP contribution in [0, 0.1) is 5.92 Å². The lowest BCUT2D eigenvalue weighted by Gasteiger charge is -2.21. The Labute approximate surface area is 121 Å². The van der Waals surface area contributed by atoms with Crippen molar-refractivity contribution in [2.75, 3.05) is 18.1 Å². The molecule has 0 aliphatic carbocycles. The lowest BCUT2D eigenvalue weighted by atomic mass is 10.0. The van der Waals surface area contributed by atoms with Gasteiger partial charge < -0.3 is 5.11 Å². The van der Waals surface area contributed by atoms with E-state index >= 15 is 0 Å². The molecule has 1 aliphatic rings. The predicted molar refractivity (Wildman–Crippen MR) is 75.1 cm³/mol.